The van der Waals surface area contributed by atoms with Crippen molar-refractivity contribution in [3.05, 3.63) is 42.0 Å². The summed E-state index contributed by atoms with van der Waals surface area (Å²) in [5.41, 5.74) is 1.24. The number of ether oxygens (including phenoxy) is 1. The molecule has 0 bridgehead atoms. The first-order valence-electron chi connectivity index (χ1n) is 5.65. The first-order valence-corrected chi connectivity index (χ1v) is 7.47. The van der Waals surface area contributed by atoms with Crippen molar-refractivity contribution in [3.8, 4) is 5.75 Å². The Labute approximate surface area is 110 Å². The molecule has 1 heterocycles. The Morgan fingerprint density at radius 2 is 2.00 bits per heavy atom. The molecule has 0 fully saturated rings. The van der Waals surface area contributed by atoms with Gasteiger partial charge in [0.05, 0.1) is 6.26 Å². The summed E-state index contributed by atoms with van der Waals surface area (Å²) in [5.74, 6) is 0.717. The van der Waals surface area contributed by atoms with Crippen LogP contribution in [0.15, 0.2) is 41.6 Å². The van der Waals surface area contributed by atoms with E-state index in [0.29, 0.717) is 11.5 Å². The minimum absolute atomic E-state index is 0.207. The average Bonchev–Trinajstić information content (AvgIpc) is 2.79. The lowest BCUT2D eigenvalue weighted by molar-refractivity contribution is 0.336. The predicted octanol–water partition coefficient (Wildman–Crippen LogP) is 1.91. The second kappa shape index (κ2) is 4.24. The van der Waals surface area contributed by atoms with E-state index in [1.54, 1.807) is 0 Å². The van der Waals surface area contributed by atoms with E-state index in [0.717, 1.165) is 22.6 Å². The van der Waals surface area contributed by atoms with Crippen LogP contribution in [0.1, 0.15) is 5.56 Å². The molecule has 0 N–H and O–H groups in total. The SMILES string of the molecule is CS(=O)(=O)O/N=C1\COc2c1ccc1ccccc21. The molecule has 0 unspecified atom stereocenters. The molecule has 0 saturated carbocycles. The molecule has 2 aromatic rings. The number of nitrogens with zero attached hydrogens (tertiary/aromatic N) is 1. The van der Waals surface area contributed by atoms with E-state index in [9.17, 15) is 8.42 Å². The third-order valence-electron chi connectivity index (χ3n) is 2.83. The van der Waals surface area contributed by atoms with Gasteiger partial charge in [0.15, 0.2) is 0 Å². The molecule has 98 valence electrons. The number of hydrogen-bond acceptors (Lipinski definition) is 5. The number of fused-ring (bicyclic) bond motifs is 3. The van der Waals surface area contributed by atoms with Gasteiger partial charge in [-0.25, -0.2) is 0 Å². The molecule has 0 saturated heterocycles. The van der Waals surface area contributed by atoms with E-state index in [4.69, 9.17) is 4.74 Å². The van der Waals surface area contributed by atoms with Gasteiger partial charge in [-0.2, -0.15) is 8.42 Å². The Bertz CT molecular complexity index is 780. The van der Waals surface area contributed by atoms with Gasteiger partial charge in [-0.1, -0.05) is 35.5 Å². The van der Waals surface area contributed by atoms with Crippen LogP contribution in [0, 0.1) is 0 Å². The van der Waals surface area contributed by atoms with Crippen molar-refractivity contribution in [2.24, 2.45) is 5.16 Å². The number of hydrogen-bond donors (Lipinski definition) is 0. The zero-order valence-corrected chi connectivity index (χ0v) is 11.0. The maximum atomic E-state index is 10.9. The van der Waals surface area contributed by atoms with Crippen LogP contribution in [0.5, 0.6) is 5.75 Å². The van der Waals surface area contributed by atoms with Crippen molar-refractivity contribution >= 4 is 26.6 Å². The maximum absolute atomic E-state index is 10.9. The Kier molecular flexibility index (Phi) is 2.67. The fraction of sp³-hybridized carbons (Fsp3) is 0.154. The van der Waals surface area contributed by atoms with Gasteiger partial charge < -0.3 is 4.74 Å². The molecule has 2 aromatic carbocycles. The van der Waals surface area contributed by atoms with E-state index in [1.165, 1.54) is 0 Å². The van der Waals surface area contributed by atoms with E-state index in [2.05, 4.69) is 9.44 Å². The lowest BCUT2D eigenvalue weighted by Gasteiger charge is -2.03. The smallest absolute Gasteiger partial charge is 0.325 e. The molecular formula is C13H11NO4S. The third kappa shape index (κ3) is 2.26. The minimum Gasteiger partial charge on any atom is -0.486 e. The van der Waals surface area contributed by atoms with Gasteiger partial charge in [-0.15, -0.1) is 0 Å². The lowest BCUT2D eigenvalue weighted by atomic mass is 10.0. The molecule has 0 amide bonds. The zero-order chi connectivity index (χ0) is 13.5. The van der Waals surface area contributed by atoms with E-state index < -0.39 is 10.1 Å². The summed E-state index contributed by atoms with van der Waals surface area (Å²) in [4.78, 5) is 0. The Morgan fingerprint density at radius 3 is 2.79 bits per heavy atom. The molecule has 6 heteroatoms. The van der Waals surface area contributed by atoms with Crippen LogP contribution in [0.2, 0.25) is 0 Å². The Hall–Kier alpha value is -2.08. The van der Waals surface area contributed by atoms with Crippen molar-refractivity contribution < 1.29 is 17.4 Å². The molecule has 0 spiro atoms. The van der Waals surface area contributed by atoms with Crippen LogP contribution in [-0.2, 0) is 14.4 Å². The molecule has 0 aliphatic carbocycles. The molecule has 0 atom stereocenters. The second-order valence-corrected chi connectivity index (χ2v) is 5.83. The normalized spacial score (nSPS) is 16.4. The summed E-state index contributed by atoms with van der Waals surface area (Å²) < 4.78 is 31.9. The maximum Gasteiger partial charge on any atom is 0.325 e. The van der Waals surface area contributed by atoms with Crippen molar-refractivity contribution in [2.45, 2.75) is 0 Å². The zero-order valence-electron chi connectivity index (χ0n) is 10.2. The minimum atomic E-state index is -3.60. The van der Waals surface area contributed by atoms with Gasteiger partial charge in [-0.3, -0.25) is 4.28 Å². The van der Waals surface area contributed by atoms with Crippen molar-refractivity contribution in [3.63, 3.8) is 0 Å². The first kappa shape index (κ1) is 12.0. The van der Waals surface area contributed by atoms with Crippen LogP contribution < -0.4 is 4.74 Å². The third-order valence-corrected chi connectivity index (χ3v) is 3.17. The molecular weight excluding hydrogens is 266 g/mol. The predicted molar refractivity (Wildman–Crippen MR) is 71.9 cm³/mol. The number of benzene rings is 2. The van der Waals surface area contributed by atoms with Crippen LogP contribution in [0.3, 0.4) is 0 Å². The molecule has 19 heavy (non-hydrogen) atoms. The monoisotopic (exact) mass is 277 g/mol. The standard InChI is InChI=1S/C13H11NO4S/c1-19(15,16)18-14-12-8-17-13-10-5-3-2-4-9(10)6-7-11(12)13/h2-7H,8H2,1H3/b14-12+. The molecule has 5 nitrogen and oxygen atoms in total. The Morgan fingerprint density at radius 1 is 1.21 bits per heavy atom. The summed E-state index contributed by atoms with van der Waals surface area (Å²) >= 11 is 0. The highest BCUT2D eigenvalue weighted by atomic mass is 32.2. The Balaban J connectivity index is 2.09. The van der Waals surface area contributed by atoms with Crippen LogP contribution in [0.4, 0.5) is 0 Å². The second-order valence-electron chi connectivity index (χ2n) is 4.27. The quantitative estimate of drug-likeness (QED) is 0.787. The highest BCUT2D eigenvalue weighted by Gasteiger charge is 2.22. The van der Waals surface area contributed by atoms with Crippen LogP contribution in [0.25, 0.3) is 10.8 Å². The topological polar surface area (TPSA) is 65.0 Å². The van der Waals surface area contributed by atoms with Gasteiger partial charge >= 0.3 is 10.1 Å². The van der Waals surface area contributed by atoms with Gasteiger partial charge in [0.2, 0.25) is 0 Å². The fourth-order valence-electron chi connectivity index (χ4n) is 2.03. The molecule has 1 aliphatic heterocycles. The van der Waals surface area contributed by atoms with Crippen molar-refractivity contribution in [1.82, 2.24) is 0 Å². The van der Waals surface area contributed by atoms with Gasteiger partial charge in [0, 0.05) is 10.9 Å². The van der Waals surface area contributed by atoms with Crippen molar-refractivity contribution in [1.29, 1.82) is 0 Å². The summed E-state index contributed by atoms with van der Waals surface area (Å²) in [7, 11) is -3.60. The highest BCUT2D eigenvalue weighted by Crippen LogP contribution is 2.34. The fourth-order valence-corrected chi connectivity index (χ4v) is 2.26. The van der Waals surface area contributed by atoms with E-state index >= 15 is 0 Å². The summed E-state index contributed by atoms with van der Waals surface area (Å²) in [6.07, 6.45) is 0.953. The molecule has 3 rings (SSSR count). The largest absolute Gasteiger partial charge is 0.486 e. The first-order chi connectivity index (χ1) is 9.04. The lowest BCUT2D eigenvalue weighted by Crippen LogP contribution is -2.06. The van der Waals surface area contributed by atoms with Gasteiger partial charge in [0.25, 0.3) is 0 Å². The molecule has 1 aliphatic rings. The van der Waals surface area contributed by atoms with Crippen molar-refractivity contribution in [2.75, 3.05) is 12.9 Å². The van der Waals surface area contributed by atoms with Gasteiger partial charge in [-0.05, 0) is 11.5 Å². The highest BCUT2D eigenvalue weighted by molar-refractivity contribution is 7.85. The molecule has 0 radical (unpaired) electrons. The number of rotatable bonds is 2. The van der Waals surface area contributed by atoms with E-state index in [1.807, 2.05) is 36.4 Å². The summed E-state index contributed by atoms with van der Waals surface area (Å²) in [5, 5.41) is 5.68. The van der Waals surface area contributed by atoms with Crippen LogP contribution in [-0.4, -0.2) is 27.0 Å². The summed E-state index contributed by atoms with van der Waals surface area (Å²) in [6.45, 7) is 0.207. The number of oxime groups is 1. The summed E-state index contributed by atoms with van der Waals surface area (Å²) in [6, 6.07) is 11.6. The van der Waals surface area contributed by atoms with Crippen LogP contribution >= 0.6 is 0 Å². The molecule has 0 aromatic heterocycles. The van der Waals surface area contributed by atoms with E-state index in [-0.39, 0.29) is 6.61 Å². The average molecular weight is 277 g/mol. The van der Waals surface area contributed by atoms with Gasteiger partial charge in [0.1, 0.15) is 18.1 Å².